The van der Waals surface area contributed by atoms with Crippen molar-refractivity contribution in [2.45, 2.75) is 0 Å². The van der Waals surface area contributed by atoms with Gasteiger partial charge in [0, 0.05) is 9.13 Å². The average molecular weight is 262 g/mol. The van der Waals surface area contributed by atoms with Crippen LogP contribution in [0.1, 0.15) is 10.4 Å². The molecule has 58 valence electrons. The molecular formula is C8H7IO2. The van der Waals surface area contributed by atoms with E-state index in [9.17, 15) is 4.79 Å². The SMILES string of the molecule is O=C(CO)c1cccc(I)c1. The van der Waals surface area contributed by atoms with Crippen LogP contribution in [0, 0.1) is 3.57 Å². The van der Waals surface area contributed by atoms with Crippen LogP contribution in [0.25, 0.3) is 0 Å². The fourth-order valence-electron chi connectivity index (χ4n) is 0.753. The number of halogens is 1. The molecule has 0 amide bonds. The summed E-state index contributed by atoms with van der Waals surface area (Å²) in [4.78, 5) is 10.9. The summed E-state index contributed by atoms with van der Waals surface area (Å²) in [5.41, 5.74) is 0.569. The number of benzene rings is 1. The van der Waals surface area contributed by atoms with Crippen LogP contribution >= 0.6 is 22.6 Å². The van der Waals surface area contributed by atoms with E-state index in [0.29, 0.717) is 5.56 Å². The van der Waals surface area contributed by atoms with E-state index in [1.165, 1.54) is 0 Å². The predicted molar refractivity (Wildman–Crippen MR) is 50.6 cm³/mol. The molecule has 0 saturated heterocycles. The smallest absolute Gasteiger partial charge is 0.188 e. The Balaban J connectivity index is 2.96. The highest BCUT2D eigenvalue weighted by atomic mass is 127. The Morgan fingerprint density at radius 3 is 2.82 bits per heavy atom. The molecule has 3 heteroatoms. The van der Waals surface area contributed by atoms with Gasteiger partial charge in [-0.1, -0.05) is 12.1 Å². The first kappa shape index (κ1) is 8.67. The summed E-state index contributed by atoms with van der Waals surface area (Å²) in [6.07, 6.45) is 0. The molecule has 0 saturated carbocycles. The fourth-order valence-corrected chi connectivity index (χ4v) is 1.30. The minimum Gasteiger partial charge on any atom is -0.388 e. The number of carbonyl (C=O) groups is 1. The summed E-state index contributed by atoms with van der Waals surface area (Å²) in [5.74, 6) is -0.233. The lowest BCUT2D eigenvalue weighted by atomic mass is 10.1. The first-order valence-electron chi connectivity index (χ1n) is 3.13. The van der Waals surface area contributed by atoms with Gasteiger partial charge in [-0.3, -0.25) is 4.79 Å². The molecule has 0 spiro atoms. The zero-order valence-corrected chi connectivity index (χ0v) is 7.91. The molecule has 2 nitrogen and oxygen atoms in total. The molecule has 0 atom stereocenters. The Bertz CT molecular complexity index is 271. The van der Waals surface area contributed by atoms with Gasteiger partial charge >= 0.3 is 0 Å². The third kappa shape index (κ3) is 2.27. The number of hydrogen-bond donors (Lipinski definition) is 1. The molecule has 0 bridgehead atoms. The van der Waals surface area contributed by atoms with Gasteiger partial charge in [-0.2, -0.15) is 0 Å². The maximum Gasteiger partial charge on any atom is 0.188 e. The van der Waals surface area contributed by atoms with Crippen LogP contribution in [0.5, 0.6) is 0 Å². The first-order valence-corrected chi connectivity index (χ1v) is 4.21. The number of ketones is 1. The maximum absolute atomic E-state index is 10.9. The molecule has 0 radical (unpaired) electrons. The molecule has 1 aromatic carbocycles. The Labute approximate surface area is 78.4 Å². The predicted octanol–water partition coefficient (Wildman–Crippen LogP) is 1.47. The molecule has 0 aliphatic rings. The largest absolute Gasteiger partial charge is 0.388 e. The van der Waals surface area contributed by atoms with Gasteiger partial charge in [-0.15, -0.1) is 0 Å². The van der Waals surface area contributed by atoms with Gasteiger partial charge < -0.3 is 5.11 Å². The highest BCUT2D eigenvalue weighted by molar-refractivity contribution is 14.1. The van der Waals surface area contributed by atoms with Gasteiger partial charge in [0.25, 0.3) is 0 Å². The Hall–Kier alpha value is -0.420. The Kier molecular flexibility index (Phi) is 3.02. The number of hydrogen-bond acceptors (Lipinski definition) is 2. The lowest BCUT2D eigenvalue weighted by molar-refractivity contribution is 0.0903. The van der Waals surface area contributed by atoms with E-state index in [1.807, 2.05) is 6.07 Å². The van der Waals surface area contributed by atoms with E-state index in [-0.39, 0.29) is 5.78 Å². The van der Waals surface area contributed by atoms with Crippen molar-refractivity contribution in [3.8, 4) is 0 Å². The minimum atomic E-state index is -0.417. The zero-order chi connectivity index (χ0) is 8.27. The topological polar surface area (TPSA) is 37.3 Å². The lowest BCUT2D eigenvalue weighted by Crippen LogP contribution is -2.03. The van der Waals surface area contributed by atoms with Gasteiger partial charge in [0.05, 0.1) is 0 Å². The maximum atomic E-state index is 10.9. The van der Waals surface area contributed by atoms with E-state index in [0.717, 1.165) is 3.57 Å². The van der Waals surface area contributed by atoms with E-state index < -0.39 is 6.61 Å². The Morgan fingerprint density at radius 1 is 1.55 bits per heavy atom. The van der Waals surface area contributed by atoms with Crippen molar-refractivity contribution < 1.29 is 9.90 Å². The standard InChI is InChI=1S/C8H7IO2/c9-7-3-1-2-6(4-7)8(11)5-10/h1-4,10H,5H2. The monoisotopic (exact) mass is 262 g/mol. The van der Waals surface area contributed by atoms with Gasteiger partial charge in [0.15, 0.2) is 5.78 Å². The highest BCUT2D eigenvalue weighted by Crippen LogP contribution is 2.07. The minimum absolute atomic E-state index is 0.233. The fraction of sp³-hybridized carbons (Fsp3) is 0.125. The van der Waals surface area contributed by atoms with E-state index >= 15 is 0 Å². The van der Waals surface area contributed by atoms with Gasteiger partial charge in [0.1, 0.15) is 6.61 Å². The second kappa shape index (κ2) is 3.82. The molecule has 0 aliphatic heterocycles. The molecule has 11 heavy (non-hydrogen) atoms. The van der Waals surface area contributed by atoms with Crippen LogP contribution in [0.2, 0.25) is 0 Å². The third-order valence-electron chi connectivity index (χ3n) is 1.29. The van der Waals surface area contributed by atoms with Crippen LogP contribution in [0.15, 0.2) is 24.3 Å². The van der Waals surface area contributed by atoms with Crippen molar-refractivity contribution in [2.24, 2.45) is 0 Å². The van der Waals surface area contributed by atoms with E-state index in [1.54, 1.807) is 18.2 Å². The van der Waals surface area contributed by atoms with E-state index in [4.69, 9.17) is 5.11 Å². The first-order chi connectivity index (χ1) is 5.24. The molecule has 0 heterocycles. The Morgan fingerprint density at radius 2 is 2.27 bits per heavy atom. The number of aliphatic hydroxyl groups is 1. The van der Waals surface area contributed by atoms with Gasteiger partial charge in [0.2, 0.25) is 0 Å². The molecule has 1 N–H and O–H groups in total. The van der Waals surface area contributed by atoms with Crippen LogP contribution < -0.4 is 0 Å². The second-order valence-corrected chi connectivity index (χ2v) is 3.34. The molecular weight excluding hydrogens is 255 g/mol. The molecule has 1 aromatic rings. The number of rotatable bonds is 2. The number of aliphatic hydroxyl groups excluding tert-OH is 1. The van der Waals surface area contributed by atoms with Crippen LogP contribution in [-0.4, -0.2) is 17.5 Å². The van der Waals surface area contributed by atoms with Crippen LogP contribution in [-0.2, 0) is 0 Å². The van der Waals surface area contributed by atoms with Gasteiger partial charge in [-0.25, -0.2) is 0 Å². The third-order valence-corrected chi connectivity index (χ3v) is 1.96. The number of Topliss-reactive ketones (excluding diaryl/α,β-unsaturated/α-hetero) is 1. The summed E-state index contributed by atoms with van der Waals surface area (Å²) in [6, 6.07) is 7.14. The summed E-state index contributed by atoms with van der Waals surface area (Å²) in [7, 11) is 0. The van der Waals surface area contributed by atoms with Crippen molar-refractivity contribution in [1.82, 2.24) is 0 Å². The number of carbonyl (C=O) groups excluding carboxylic acids is 1. The molecule has 0 unspecified atom stereocenters. The van der Waals surface area contributed by atoms with Crippen LogP contribution in [0.3, 0.4) is 0 Å². The second-order valence-electron chi connectivity index (χ2n) is 2.09. The van der Waals surface area contributed by atoms with E-state index in [2.05, 4.69) is 22.6 Å². The van der Waals surface area contributed by atoms with Crippen molar-refractivity contribution >= 4 is 28.4 Å². The quantitative estimate of drug-likeness (QED) is 0.647. The zero-order valence-electron chi connectivity index (χ0n) is 5.75. The van der Waals surface area contributed by atoms with Crippen molar-refractivity contribution in [3.05, 3.63) is 33.4 Å². The molecule has 1 rings (SSSR count). The normalized spacial score (nSPS) is 9.64. The molecule has 0 fully saturated rings. The summed E-state index contributed by atoms with van der Waals surface area (Å²) >= 11 is 2.12. The summed E-state index contributed by atoms with van der Waals surface area (Å²) in [5, 5.41) is 8.53. The lowest BCUT2D eigenvalue weighted by Gasteiger charge is -1.96. The molecule has 0 aromatic heterocycles. The average Bonchev–Trinajstić information content (AvgIpc) is 2.03. The van der Waals surface area contributed by atoms with Gasteiger partial charge in [-0.05, 0) is 34.7 Å². The summed E-state index contributed by atoms with van der Waals surface area (Å²) in [6.45, 7) is -0.417. The van der Waals surface area contributed by atoms with Crippen molar-refractivity contribution in [2.75, 3.05) is 6.61 Å². The van der Waals surface area contributed by atoms with Crippen LogP contribution in [0.4, 0.5) is 0 Å². The summed E-state index contributed by atoms with van der Waals surface area (Å²) < 4.78 is 1.00. The van der Waals surface area contributed by atoms with Crippen molar-refractivity contribution in [1.29, 1.82) is 0 Å². The highest BCUT2D eigenvalue weighted by Gasteiger charge is 2.02. The molecule has 0 aliphatic carbocycles. The van der Waals surface area contributed by atoms with Crippen molar-refractivity contribution in [3.63, 3.8) is 0 Å².